The zero-order valence-electron chi connectivity index (χ0n) is 18.4. The predicted molar refractivity (Wildman–Crippen MR) is 113 cm³/mol. The van der Waals surface area contributed by atoms with E-state index in [9.17, 15) is 22.8 Å². The van der Waals surface area contributed by atoms with E-state index in [0.29, 0.717) is 12.0 Å². The van der Waals surface area contributed by atoms with Gasteiger partial charge >= 0.3 is 12.3 Å². The molecule has 0 fully saturated rings. The first-order valence-electron chi connectivity index (χ1n) is 10.2. The average Bonchev–Trinajstić information content (AvgIpc) is 3.09. The third-order valence-corrected chi connectivity index (χ3v) is 5.05. The Bertz CT molecular complexity index is 984. The van der Waals surface area contributed by atoms with Gasteiger partial charge in [-0.1, -0.05) is 35.9 Å². The maximum Gasteiger partial charge on any atom is 0.408 e. The Morgan fingerprint density at radius 1 is 1.12 bits per heavy atom. The monoisotopic (exact) mass is 449 g/mol. The minimum absolute atomic E-state index is 0.0881. The minimum atomic E-state index is -4.93. The summed E-state index contributed by atoms with van der Waals surface area (Å²) in [7, 11) is 0. The van der Waals surface area contributed by atoms with Gasteiger partial charge in [0.2, 0.25) is 5.91 Å². The highest BCUT2D eigenvalue weighted by molar-refractivity contribution is 5.97. The molecule has 1 aliphatic heterocycles. The van der Waals surface area contributed by atoms with E-state index in [-0.39, 0.29) is 17.9 Å². The van der Waals surface area contributed by atoms with Gasteiger partial charge < -0.3 is 10.1 Å². The normalized spacial score (nSPS) is 15.7. The number of carbonyl (C=O) groups is 2. The lowest BCUT2D eigenvalue weighted by Gasteiger charge is -2.32. The molecule has 1 aromatic heterocycles. The van der Waals surface area contributed by atoms with Crippen LogP contribution in [0.5, 0.6) is 0 Å². The van der Waals surface area contributed by atoms with E-state index in [1.807, 2.05) is 0 Å². The van der Waals surface area contributed by atoms with Crippen molar-refractivity contribution < 1.29 is 27.5 Å². The van der Waals surface area contributed by atoms with E-state index in [1.165, 1.54) is 18.3 Å². The Balaban J connectivity index is 2.02. The van der Waals surface area contributed by atoms with Crippen molar-refractivity contribution >= 4 is 17.8 Å². The number of hydrogen-bond donors (Lipinski definition) is 1. The number of nitrogens with zero attached hydrogens (tertiary/aromatic N) is 2. The van der Waals surface area contributed by atoms with Crippen LogP contribution in [0.2, 0.25) is 0 Å². The van der Waals surface area contributed by atoms with Gasteiger partial charge in [0.15, 0.2) is 5.92 Å². The van der Waals surface area contributed by atoms with Crippen molar-refractivity contribution in [3.63, 3.8) is 0 Å². The second-order valence-corrected chi connectivity index (χ2v) is 8.78. The number of amides is 2. The molecule has 172 valence electrons. The first-order valence-corrected chi connectivity index (χ1v) is 10.2. The summed E-state index contributed by atoms with van der Waals surface area (Å²) < 4.78 is 48.2. The van der Waals surface area contributed by atoms with Gasteiger partial charge in [-0.25, -0.2) is 9.78 Å². The summed E-state index contributed by atoms with van der Waals surface area (Å²) in [6.45, 7) is 6.69. The fourth-order valence-electron chi connectivity index (χ4n) is 3.63. The molecule has 3 rings (SSSR count). The van der Waals surface area contributed by atoms with Crippen molar-refractivity contribution in [1.29, 1.82) is 0 Å². The zero-order chi connectivity index (χ0) is 23.7. The first-order chi connectivity index (χ1) is 14.9. The van der Waals surface area contributed by atoms with E-state index < -0.39 is 35.7 Å². The third-order valence-electron chi connectivity index (χ3n) is 5.05. The number of fused-ring (bicyclic) bond motifs is 1. The highest BCUT2D eigenvalue weighted by Gasteiger charge is 2.53. The number of benzene rings is 1. The molecule has 0 saturated heterocycles. The molecule has 2 heterocycles. The van der Waals surface area contributed by atoms with Crippen LogP contribution >= 0.6 is 0 Å². The van der Waals surface area contributed by atoms with E-state index in [2.05, 4.69) is 10.3 Å². The van der Waals surface area contributed by atoms with Crippen LogP contribution in [0.1, 0.15) is 43.5 Å². The lowest BCUT2D eigenvalue weighted by atomic mass is 9.90. The molecule has 9 heteroatoms. The molecular formula is C23H26F3N3O3. The summed E-state index contributed by atoms with van der Waals surface area (Å²) in [4.78, 5) is 30.9. The molecule has 1 N–H and O–H groups in total. The van der Waals surface area contributed by atoms with Crippen molar-refractivity contribution in [2.45, 2.75) is 51.9 Å². The number of nitrogens with one attached hydrogen (secondary N) is 1. The van der Waals surface area contributed by atoms with Gasteiger partial charge in [-0.15, -0.1) is 0 Å². The zero-order valence-corrected chi connectivity index (χ0v) is 18.4. The van der Waals surface area contributed by atoms with E-state index in [1.54, 1.807) is 52.0 Å². The van der Waals surface area contributed by atoms with Crippen LogP contribution in [-0.4, -0.2) is 35.3 Å². The highest BCUT2D eigenvalue weighted by atomic mass is 19.4. The number of hydrogen-bond acceptors (Lipinski definition) is 4. The summed E-state index contributed by atoms with van der Waals surface area (Å²) in [5.41, 5.74) is 0.765. The standard InChI is InChI=1S/C23H26F3N3O3/c1-14-7-9-15(10-8-14)18(28-21(31)32-22(2,3)4)17(23(24,25)26)20(30)29-13-11-16-6-5-12-27-19(16)29/h5-10,12,17-18H,11,13H2,1-4H3,(H,28,31). The van der Waals surface area contributed by atoms with Crippen LogP contribution in [0.25, 0.3) is 0 Å². The number of ether oxygens (including phenoxy) is 1. The first kappa shape index (κ1) is 23.6. The number of aryl methyl sites for hydroxylation is 1. The maximum atomic E-state index is 14.3. The van der Waals surface area contributed by atoms with Crippen LogP contribution in [-0.2, 0) is 16.0 Å². The number of alkyl halides is 3. The molecule has 0 saturated carbocycles. The Morgan fingerprint density at radius 3 is 2.38 bits per heavy atom. The number of rotatable bonds is 4. The number of pyridine rings is 1. The molecule has 32 heavy (non-hydrogen) atoms. The fraction of sp³-hybridized carbons (Fsp3) is 0.435. The Kier molecular flexibility index (Phi) is 6.48. The van der Waals surface area contributed by atoms with Crippen molar-refractivity contribution in [2.75, 3.05) is 11.4 Å². The van der Waals surface area contributed by atoms with Gasteiger partial charge in [-0.3, -0.25) is 9.69 Å². The Labute approximate surface area is 184 Å². The summed E-state index contributed by atoms with van der Waals surface area (Å²) in [5.74, 6) is -3.48. The molecule has 2 amide bonds. The number of aromatic nitrogens is 1. The van der Waals surface area contributed by atoms with Crippen LogP contribution < -0.4 is 10.2 Å². The molecule has 2 atom stereocenters. The lowest BCUT2D eigenvalue weighted by Crippen LogP contribution is -2.50. The summed E-state index contributed by atoms with van der Waals surface area (Å²) in [5, 5.41) is 2.30. The molecular weight excluding hydrogens is 423 g/mol. The van der Waals surface area contributed by atoms with E-state index >= 15 is 0 Å². The van der Waals surface area contributed by atoms with Crippen LogP contribution in [0.4, 0.5) is 23.8 Å². The Morgan fingerprint density at radius 2 is 1.78 bits per heavy atom. The molecule has 0 aliphatic carbocycles. The number of alkyl carbamates (subject to hydrolysis) is 1. The molecule has 2 unspecified atom stereocenters. The Hall–Kier alpha value is -3.10. The summed E-state index contributed by atoms with van der Waals surface area (Å²) in [6.07, 6.45) is -4.12. The number of halogens is 3. The second kappa shape index (κ2) is 8.80. The largest absolute Gasteiger partial charge is 0.444 e. The summed E-state index contributed by atoms with van der Waals surface area (Å²) >= 11 is 0. The second-order valence-electron chi connectivity index (χ2n) is 8.78. The van der Waals surface area contributed by atoms with Gasteiger partial charge in [0, 0.05) is 12.7 Å². The molecule has 0 bridgehead atoms. The topological polar surface area (TPSA) is 71.5 Å². The molecule has 6 nitrogen and oxygen atoms in total. The van der Waals surface area contributed by atoms with Crippen molar-refractivity contribution in [2.24, 2.45) is 5.92 Å². The van der Waals surface area contributed by atoms with E-state index in [0.717, 1.165) is 10.5 Å². The van der Waals surface area contributed by atoms with Crippen molar-refractivity contribution in [3.8, 4) is 0 Å². The molecule has 2 aromatic rings. The van der Waals surface area contributed by atoms with Crippen LogP contribution in [0.15, 0.2) is 42.6 Å². The van der Waals surface area contributed by atoms with Crippen molar-refractivity contribution in [1.82, 2.24) is 10.3 Å². The van der Waals surface area contributed by atoms with Crippen LogP contribution in [0.3, 0.4) is 0 Å². The van der Waals surface area contributed by atoms with Gasteiger partial charge in [-0.2, -0.15) is 13.2 Å². The summed E-state index contributed by atoms with van der Waals surface area (Å²) in [6, 6.07) is 7.93. The molecule has 0 spiro atoms. The van der Waals surface area contributed by atoms with E-state index in [4.69, 9.17) is 4.74 Å². The van der Waals surface area contributed by atoms with Gasteiger partial charge in [0.25, 0.3) is 0 Å². The molecule has 1 aromatic carbocycles. The van der Waals surface area contributed by atoms with Gasteiger partial charge in [0.05, 0.1) is 6.04 Å². The molecule has 1 aliphatic rings. The highest BCUT2D eigenvalue weighted by Crippen LogP contribution is 2.40. The maximum absolute atomic E-state index is 14.3. The lowest BCUT2D eigenvalue weighted by molar-refractivity contribution is -0.187. The number of anilines is 1. The third kappa shape index (κ3) is 5.38. The predicted octanol–water partition coefficient (Wildman–Crippen LogP) is 4.72. The quantitative estimate of drug-likeness (QED) is 0.733. The molecule has 0 radical (unpaired) electrons. The number of carbonyl (C=O) groups excluding carboxylic acids is 2. The van der Waals surface area contributed by atoms with Crippen molar-refractivity contribution in [3.05, 3.63) is 59.3 Å². The SMILES string of the molecule is Cc1ccc(C(NC(=O)OC(C)(C)C)C(C(=O)N2CCc3cccnc32)C(F)(F)F)cc1. The van der Waals surface area contributed by atoms with Crippen LogP contribution in [0, 0.1) is 12.8 Å². The van der Waals surface area contributed by atoms with Gasteiger partial charge in [-0.05, 0) is 51.3 Å². The average molecular weight is 449 g/mol. The smallest absolute Gasteiger partial charge is 0.408 e. The van der Waals surface area contributed by atoms with Gasteiger partial charge in [0.1, 0.15) is 11.4 Å². The fourth-order valence-corrected chi connectivity index (χ4v) is 3.63. The minimum Gasteiger partial charge on any atom is -0.444 e.